The number of rotatable bonds is 8. The highest BCUT2D eigenvalue weighted by molar-refractivity contribution is 5.94. The first-order chi connectivity index (χ1) is 13.2. The van der Waals surface area contributed by atoms with Crippen LogP contribution in [0, 0.1) is 0 Å². The van der Waals surface area contributed by atoms with Crippen molar-refractivity contribution in [1.29, 1.82) is 0 Å². The molecule has 0 bridgehead atoms. The molecule has 0 fully saturated rings. The maximum atomic E-state index is 12.0. The van der Waals surface area contributed by atoms with Crippen LogP contribution in [0.2, 0.25) is 0 Å². The molecule has 27 heavy (non-hydrogen) atoms. The molecule has 0 atom stereocenters. The van der Waals surface area contributed by atoms with Crippen LogP contribution in [0.25, 0.3) is 0 Å². The van der Waals surface area contributed by atoms with Gasteiger partial charge in [0.15, 0.2) is 5.96 Å². The predicted octanol–water partition coefficient (Wildman–Crippen LogP) is 1.80. The van der Waals surface area contributed by atoms with E-state index in [4.69, 9.17) is 9.47 Å². The van der Waals surface area contributed by atoms with E-state index in [-0.39, 0.29) is 5.91 Å². The van der Waals surface area contributed by atoms with Gasteiger partial charge in [0.2, 0.25) is 0 Å². The quantitative estimate of drug-likeness (QED) is 0.375. The molecule has 0 saturated heterocycles. The minimum Gasteiger partial charge on any atom is -0.497 e. The molecule has 2 rings (SSSR count). The topological polar surface area (TPSA) is 84.0 Å². The normalized spacial score (nSPS) is 10.9. The Morgan fingerprint density at radius 2 is 1.70 bits per heavy atom. The smallest absolute Gasteiger partial charge is 0.251 e. The van der Waals surface area contributed by atoms with E-state index in [0.29, 0.717) is 31.2 Å². The Balaban J connectivity index is 1.77. The number of hydrogen-bond donors (Lipinski definition) is 3. The highest BCUT2D eigenvalue weighted by Crippen LogP contribution is 2.24. The highest BCUT2D eigenvalue weighted by Gasteiger charge is 2.07. The van der Waals surface area contributed by atoms with E-state index in [1.165, 1.54) is 0 Å². The second kappa shape index (κ2) is 10.7. The number of aliphatic imine (C=N–C) groups is 1. The van der Waals surface area contributed by atoms with Crippen LogP contribution < -0.4 is 25.4 Å². The van der Waals surface area contributed by atoms with E-state index in [1.54, 1.807) is 33.4 Å². The van der Waals surface area contributed by atoms with Gasteiger partial charge in [-0.1, -0.05) is 18.2 Å². The first-order valence-electron chi connectivity index (χ1n) is 8.66. The Bertz CT molecular complexity index is 763. The summed E-state index contributed by atoms with van der Waals surface area (Å²) in [4.78, 5) is 16.2. The largest absolute Gasteiger partial charge is 0.497 e. The Labute approximate surface area is 159 Å². The molecule has 7 nitrogen and oxygen atoms in total. The Morgan fingerprint density at radius 3 is 2.37 bits per heavy atom. The van der Waals surface area contributed by atoms with Crippen molar-refractivity contribution in [1.82, 2.24) is 16.0 Å². The number of nitrogens with zero attached hydrogens (tertiary/aromatic N) is 1. The zero-order valence-corrected chi connectivity index (χ0v) is 15.9. The summed E-state index contributed by atoms with van der Waals surface area (Å²) in [7, 11) is 4.94. The van der Waals surface area contributed by atoms with Gasteiger partial charge in [-0.25, -0.2) is 0 Å². The Kier molecular flexibility index (Phi) is 7.96. The molecular weight excluding hydrogens is 344 g/mol. The van der Waals surface area contributed by atoms with E-state index in [1.807, 2.05) is 36.4 Å². The average molecular weight is 370 g/mol. The molecule has 2 aromatic carbocycles. The lowest BCUT2D eigenvalue weighted by atomic mass is 10.2. The molecule has 3 N–H and O–H groups in total. The summed E-state index contributed by atoms with van der Waals surface area (Å²) in [6.07, 6.45) is 0. The fraction of sp³-hybridized carbons (Fsp3) is 0.300. The number of benzene rings is 2. The number of amides is 1. The van der Waals surface area contributed by atoms with E-state index >= 15 is 0 Å². The summed E-state index contributed by atoms with van der Waals surface area (Å²) < 4.78 is 10.6. The van der Waals surface area contributed by atoms with Crippen molar-refractivity contribution in [3.8, 4) is 11.5 Å². The summed E-state index contributed by atoms with van der Waals surface area (Å²) in [5.41, 5.74) is 1.63. The molecule has 0 aliphatic rings. The van der Waals surface area contributed by atoms with Gasteiger partial charge in [-0.15, -0.1) is 0 Å². The van der Waals surface area contributed by atoms with Crippen molar-refractivity contribution in [2.75, 3.05) is 34.4 Å². The summed E-state index contributed by atoms with van der Waals surface area (Å²) in [6, 6.07) is 14.8. The van der Waals surface area contributed by atoms with E-state index in [2.05, 4.69) is 20.9 Å². The first-order valence-corrected chi connectivity index (χ1v) is 8.66. The minimum absolute atomic E-state index is 0.0942. The van der Waals surface area contributed by atoms with Crippen LogP contribution in [-0.2, 0) is 6.54 Å². The third-order valence-electron chi connectivity index (χ3n) is 3.90. The van der Waals surface area contributed by atoms with Gasteiger partial charge in [-0.3, -0.25) is 9.79 Å². The van der Waals surface area contributed by atoms with Crippen molar-refractivity contribution in [2.45, 2.75) is 6.54 Å². The maximum absolute atomic E-state index is 12.0. The molecular formula is C20H26N4O3. The second-order valence-corrected chi connectivity index (χ2v) is 5.65. The lowest BCUT2D eigenvalue weighted by molar-refractivity contribution is 0.0954. The molecule has 0 saturated carbocycles. The Morgan fingerprint density at radius 1 is 0.963 bits per heavy atom. The van der Waals surface area contributed by atoms with Gasteiger partial charge in [-0.2, -0.15) is 0 Å². The van der Waals surface area contributed by atoms with Gasteiger partial charge in [0.25, 0.3) is 5.91 Å². The SMILES string of the molecule is CN=C(NCCNC(=O)c1ccccc1)NCc1ccc(OC)cc1OC. The van der Waals surface area contributed by atoms with Gasteiger partial charge in [0.05, 0.1) is 14.2 Å². The number of ether oxygens (including phenoxy) is 2. The van der Waals surface area contributed by atoms with E-state index in [0.717, 1.165) is 17.1 Å². The molecule has 0 aromatic heterocycles. The molecule has 0 aliphatic carbocycles. The zero-order chi connectivity index (χ0) is 19.5. The van der Waals surface area contributed by atoms with Gasteiger partial charge in [-0.05, 0) is 24.3 Å². The molecule has 0 radical (unpaired) electrons. The van der Waals surface area contributed by atoms with Gasteiger partial charge < -0.3 is 25.4 Å². The molecule has 1 amide bonds. The third kappa shape index (κ3) is 6.22. The number of nitrogens with one attached hydrogen (secondary N) is 3. The molecule has 2 aromatic rings. The second-order valence-electron chi connectivity index (χ2n) is 5.65. The van der Waals surface area contributed by atoms with Crippen LogP contribution in [0.4, 0.5) is 0 Å². The lowest BCUT2D eigenvalue weighted by Gasteiger charge is -2.14. The number of hydrogen-bond acceptors (Lipinski definition) is 4. The van der Waals surface area contributed by atoms with Crippen molar-refractivity contribution >= 4 is 11.9 Å². The highest BCUT2D eigenvalue weighted by atomic mass is 16.5. The van der Waals surface area contributed by atoms with Crippen LogP contribution in [0.15, 0.2) is 53.5 Å². The zero-order valence-electron chi connectivity index (χ0n) is 15.9. The monoisotopic (exact) mass is 370 g/mol. The minimum atomic E-state index is -0.0942. The fourth-order valence-electron chi connectivity index (χ4n) is 2.45. The van der Waals surface area contributed by atoms with Crippen LogP contribution in [0.3, 0.4) is 0 Å². The van der Waals surface area contributed by atoms with Gasteiger partial charge in [0, 0.05) is 43.9 Å². The molecule has 0 unspecified atom stereocenters. The number of carbonyl (C=O) groups is 1. The first kappa shape index (κ1) is 20.1. The van der Waals surface area contributed by atoms with Crippen LogP contribution in [-0.4, -0.2) is 46.2 Å². The van der Waals surface area contributed by atoms with Crippen molar-refractivity contribution in [3.63, 3.8) is 0 Å². The number of guanidine groups is 1. The van der Waals surface area contributed by atoms with Crippen LogP contribution in [0.5, 0.6) is 11.5 Å². The average Bonchev–Trinajstić information content (AvgIpc) is 2.73. The van der Waals surface area contributed by atoms with Crippen LogP contribution in [0.1, 0.15) is 15.9 Å². The van der Waals surface area contributed by atoms with Gasteiger partial charge >= 0.3 is 0 Å². The summed E-state index contributed by atoms with van der Waals surface area (Å²) in [5, 5.41) is 9.25. The van der Waals surface area contributed by atoms with E-state index in [9.17, 15) is 4.79 Å². The van der Waals surface area contributed by atoms with Crippen molar-refractivity contribution in [3.05, 3.63) is 59.7 Å². The standard InChI is InChI=1S/C20H26N4O3/c1-21-20(23-12-11-22-19(25)15-7-5-4-6-8-15)24-14-16-9-10-17(26-2)13-18(16)27-3/h4-10,13H,11-12,14H2,1-3H3,(H,22,25)(H2,21,23,24). The number of methoxy groups -OCH3 is 2. The molecule has 0 aliphatic heterocycles. The van der Waals surface area contributed by atoms with E-state index < -0.39 is 0 Å². The molecule has 7 heteroatoms. The molecule has 0 heterocycles. The fourth-order valence-corrected chi connectivity index (χ4v) is 2.45. The number of carbonyl (C=O) groups excluding carboxylic acids is 1. The van der Waals surface area contributed by atoms with Crippen molar-refractivity contribution in [2.24, 2.45) is 4.99 Å². The van der Waals surface area contributed by atoms with Crippen molar-refractivity contribution < 1.29 is 14.3 Å². The van der Waals surface area contributed by atoms with Gasteiger partial charge in [0.1, 0.15) is 11.5 Å². The summed E-state index contributed by atoms with van der Waals surface area (Å²) in [5.74, 6) is 2.03. The summed E-state index contributed by atoms with van der Waals surface area (Å²) >= 11 is 0. The predicted molar refractivity (Wildman–Crippen MR) is 107 cm³/mol. The molecule has 0 spiro atoms. The lowest BCUT2D eigenvalue weighted by Crippen LogP contribution is -2.41. The summed E-state index contributed by atoms with van der Waals surface area (Å²) in [6.45, 7) is 1.58. The molecule has 144 valence electrons. The third-order valence-corrected chi connectivity index (χ3v) is 3.90. The van der Waals surface area contributed by atoms with Crippen LogP contribution >= 0.6 is 0 Å². The maximum Gasteiger partial charge on any atom is 0.251 e. The Hall–Kier alpha value is -3.22.